The van der Waals surface area contributed by atoms with Gasteiger partial charge in [0.15, 0.2) is 0 Å². The minimum Gasteiger partial charge on any atom is -0.266 e. The molecule has 8 aliphatic carbocycles. The van der Waals surface area contributed by atoms with E-state index in [4.69, 9.17) is 4.18 Å². The third kappa shape index (κ3) is 5.63. The summed E-state index contributed by atoms with van der Waals surface area (Å²) < 4.78 is 32.2. The Balaban J connectivity index is 0.000000155. The summed E-state index contributed by atoms with van der Waals surface area (Å²) in [6, 6.07) is 6.64. The molecule has 9 rings (SSSR count). The van der Waals surface area contributed by atoms with Crippen LogP contribution in [0.25, 0.3) is 0 Å². The number of benzene rings is 1. The van der Waals surface area contributed by atoms with Gasteiger partial charge in [0.1, 0.15) is 0 Å². The molecular formula is C30H42BrIO3S. The SMILES string of the molecule is ICCC12CC3CC(CC(C3)C1)C2.O=S(=O)(OCCC12CC3CC(CC(C3)C1)C2)c1ccc(Br)cc1. The monoisotopic (exact) mass is 688 g/mol. The summed E-state index contributed by atoms with van der Waals surface area (Å²) in [4.78, 5) is 0.242. The summed E-state index contributed by atoms with van der Waals surface area (Å²) in [5.41, 5.74) is 1.21. The molecule has 0 aromatic heterocycles. The first-order valence-electron chi connectivity index (χ1n) is 14.4. The Morgan fingerprint density at radius 3 is 1.50 bits per heavy atom. The summed E-state index contributed by atoms with van der Waals surface area (Å²) in [6.45, 7) is 0.324. The molecule has 0 N–H and O–H groups in total. The fourth-order valence-electron chi connectivity index (χ4n) is 10.4. The summed E-state index contributed by atoms with van der Waals surface area (Å²) in [7, 11) is -3.63. The zero-order valence-corrected chi connectivity index (χ0v) is 26.0. The first kappa shape index (κ1) is 26.6. The van der Waals surface area contributed by atoms with E-state index < -0.39 is 10.1 Å². The predicted molar refractivity (Wildman–Crippen MR) is 157 cm³/mol. The van der Waals surface area contributed by atoms with Crippen LogP contribution in [0.4, 0.5) is 0 Å². The van der Waals surface area contributed by atoms with Gasteiger partial charge in [-0.25, -0.2) is 0 Å². The van der Waals surface area contributed by atoms with Crippen molar-refractivity contribution in [3.8, 4) is 0 Å². The van der Waals surface area contributed by atoms with E-state index in [1.165, 1.54) is 49.4 Å². The largest absolute Gasteiger partial charge is 0.296 e. The van der Waals surface area contributed by atoms with E-state index in [0.29, 0.717) is 12.0 Å². The number of halogens is 2. The van der Waals surface area contributed by atoms with E-state index in [2.05, 4.69) is 38.5 Å². The summed E-state index contributed by atoms with van der Waals surface area (Å²) in [6.07, 6.45) is 20.1. The molecule has 0 spiro atoms. The van der Waals surface area contributed by atoms with Crippen LogP contribution in [0.2, 0.25) is 0 Å². The van der Waals surface area contributed by atoms with E-state index >= 15 is 0 Å². The lowest BCUT2D eigenvalue weighted by Crippen LogP contribution is -2.46. The van der Waals surface area contributed by atoms with Gasteiger partial charge >= 0.3 is 0 Å². The standard InChI is InChI=1S/C18H23BrO3S.C12H19I/c19-16-1-3-17(4-2-16)23(20,21)22-6-5-18-10-13-7-14(11-18)9-15(8-13)12-18;13-2-1-12-6-9-3-10(7-12)5-11(4-9)8-12/h1-4,13-15H,5-12H2;9-11H,1-8H2. The van der Waals surface area contributed by atoms with Gasteiger partial charge < -0.3 is 0 Å². The van der Waals surface area contributed by atoms with Crippen LogP contribution in [-0.4, -0.2) is 19.5 Å². The Morgan fingerprint density at radius 1 is 0.722 bits per heavy atom. The molecule has 1 aromatic carbocycles. The van der Waals surface area contributed by atoms with E-state index in [0.717, 1.165) is 51.8 Å². The topological polar surface area (TPSA) is 43.4 Å². The van der Waals surface area contributed by atoms with Crippen molar-refractivity contribution in [2.24, 2.45) is 46.3 Å². The second kappa shape index (κ2) is 10.4. The smallest absolute Gasteiger partial charge is 0.266 e. The summed E-state index contributed by atoms with van der Waals surface area (Å²) in [5.74, 6) is 6.12. The molecule has 8 bridgehead atoms. The van der Waals surface area contributed by atoms with Gasteiger partial charge in [-0.3, -0.25) is 4.18 Å². The Bertz CT molecular complexity index is 966. The van der Waals surface area contributed by atoms with Crippen molar-refractivity contribution in [1.29, 1.82) is 0 Å². The Kier molecular flexibility index (Phi) is 7.66. The lowest BCUT2D eigenvalue weighted by atomic mass is 9.49. The van der Waals surface area contributed by atoms with Gasteiger partial charge in [0, 0.05) is 8.90 Å². The maximum atomic E-state index is 12.3. The van der Waals surface area contributed by atoms with Crippen LogP contribution in [0.5, 0.6) is 0 Å². The molecule has 8 fully saturated rings. The normalized spacial score (nSPS) is 41.8. The molecule has 36 heavy (non-hydrogen) atoms. The van der Waals surface area contributed by atoms with E-state index in [1.807, 2.05) is 0 Å². The van der Waals surface area contributed by atoms with Crippen molar-refractivity contribution in [1.82, 2.24) is 0 Å². The average molecular weight is 690 g/mol. The molecule has 0 aliphatic heterocycles. The van der Waals surface area contributed by atoms with Gasteiger partial charge in [0.2, 0.25) is 0 Å². The zero-order valence-electron chi connectivity index (χ0n) is 21.5. The predicted octanol–water partition coefficient (Wildman–Crippen LogP) is 8.79. The summed E-state index contributed by atoms with van der Waals surface area (Å²) >= 11 is 5.90. The molecule has 8 aliphatic rings. The fraction of sp³-hybridized carbons (Fsp3) is 0.800. The quantitative estimate of drug-likeness (QED) is 0.163. The molecule has 0 heterocycles. The van der Waals surface area contributed by atoms with Gasteiger partial charge in [-0.2, -0.15) is 8.42 Å². The number of hydrogen-bond donors (Lipinski definition) is 0. The maximum Gasteiger partial charge on any atom is 0.296 e. The van der Waals surface area contributed by atoms with Crippen LogP contribution < -0.4 is 0 Å². The number of alkyl halides is 1. The van der Waals surface area contributed by atoms with Gasteiger partial charge in [0.05, 0.1) is 11.5 Å². The highest BCUT2D eigenvalue weighted by Crippen LogP contribution is 2.62. The first-order chi connectivity index (χ1) is 17.2. The molecule has 1 aromatic rings. The van der Waals surface area contributed by atoms with Gasteiger partial charge in [-0.15, -0.1) is 0 Å². The fourth-order valence-corrected chi connectivity index (χ4v) is 12.7. The highest BCUT2D eigenvalue weighted by atomic mass is 127. The molecular weight excluding hydrogens is 647 g/mol. The van der Waals surface area contributed by atoms with Crippen LogP contribution in [0.1, 0.15) is 89.9 Å². The molecule has 200 valence electrons. The zero-order chi connectivity index (χ0) is 25.0. The molecule has 0 radical (unpaired) electrons. The van der Waals surface area contributed by atoms with E-state index in [9.17, 15) is 8.42 Å². The van der Waals surface area contributed by atoms with Crippen LogP contribution in [0, 0.1) is 46.3 Å². The van der Waals surface area contributed by atoms with Gasteiger partial charge in [0.25, 0.3) is 10.1 Å². The molecule has 0 atom stereocenters. The Morgan fingerprint density at radius 2 is 1.11 bits per heavy atom. The summed E-state index contributed by atoms with van der Waals surface area (Å²) in [5, 5.41) is 0. The average Bonchev–Trinajstić information content (AvgIpc) is 2.78. The van der Waals surface area contributed by atoms with E-state index in [-0.39, 0.29) is 4.90 Å². The number of hydrogen-bond acceptors (Lipinski definition) is 3. The molecule has 8 saturated carbocycles. The first-order valence-corrected chi connectivity index (χ1v) is 18.2. The van der Waals surface area contributed by atoms with Crippen LogP contribution in [-0.2, 0) is 14.3 Å². The molecule has 0 saturated heterocycles. The second-order valence-corrected chi connectivity index (χ2v) is 17.4. The minimum atomic E-state index is -3.63. The highest BCUT2D eigenvalue weighted by molar-refractivity contribution is 14.1. The second-order valence-electron chi connectivity index (χ2n) is 13.8. The van der Waals surface area contributed by atoms with Crippen molar-refractivity contribution in [2.45, 2.75) is 94.8 Å². The van der Waals surface area contributed by atoms with Crippen molar-refractivity contribution in [3.05, 3.63) is 28.7 Å². The van der Waals surface area contributed by atoms with Crippen molar-refractivity contribution in [3.63, 3.8) is 0 Å². The maximum absolute atomic E-state index is 12.3. The van der Waals surface area contributed by atoms with Crippen LogP contribution in [0.15, 0.2) is 33.6 Å². The van der Waals surface area contributed by atoms with E-state index in [1.54, 1.807) is 62.8 Å². The lowest BCUT2D eigenvalue weighted by molar-refractivity contribution is -0.0619. The van der Waals surface area contributed by atoms with Gasteiger partial charge in [-0.1, -0.05) is 38.5 Å². The Labute approximate surface area is 240 Å². The minimum absolute atomic E-state index is 0.242. The highest BCUT2D eigenvalue weighted by Gasteiger charge is 2.51. The molecule has 6 heteroatoms. The third-order valence-electron chi connectivity index (χ3n) is 10.9. The van der Waals surface area contributed by atoms with Crippen molar-refractivity contribution in [2.75, 3.05) is 11.0 Å². The van der Waals surface area contributed by atoms with Crippen molar-refractivity contribution >= 4 is 48.6 Å². The Hall–Kier alpha value is 0.340. The van der Waals surface area contributed by atoms with Crippen molar-refractivity contribution < 1.29 is 12.6 Å². The third-order valence-corrected chi connectivity index (χ3v) is 13.3. The lowest BCUT2D eigenvalue weighted by Gasteiger charge is -2.57. The number of rotatable bonds is 7. The molecule has 3 nitrogen and oxygen atoms in total. The van der Waals surface area contributed by atoms with Crippen LogP contribution >= 0.6 is 38.5 Å². The van der Waals surface area contributed by atoms with Gasteiger partial charge in [-0.05, 0) is 160 Å². The van der Waals surface area contributed by atoms with Crippen LogP contribution in [0.3, 0.4) is 0 Å². The molecule has 0 unspecified atom stereocenters. The molecule has 0 amide bonds.